The van der Waals surface area contributed by atoms with Gasteiger partial charge >= 0.3 is 0 Å². The average molecular weight is 417 g/mol. The number of thiophene rings is 1. The van der Waals surface area contributed by atoms with E-state index in [-0.39, 0.29) is 17.9 Å². The highest BCUT2D eigenvalue weighted by Crippen LogP contribution is 2.31. The SMILES string of the molecule is Cc1ccc(-c2csc3ncn(CC(=O)c4ccc(C(C)C)cc4)c(=O)c23)cc1C. The number of carbonyl (C=O) groups is 1. The van der Waals surface area contributed by atoms with Gasteiger partial charge < -0.3 is 0 Å². The molecule has 4 aromatic rings. The maximum Gasteiger partial charge on any atom is 0.263 e. The summed E-state index contributed by atoms with van der Waals surface area (Å²) >= 11 is 1.45. The first-order chi connectivity index (χ1) is 14.3. The highest BCUT2D eigenvalue weighted by atomic mass is 32.1. The molecule has 2 aromatic heterocycles. The molecule has 0 fully saturated rings. The van der Waals surface area contributed by atoms with Gasteiger partial charge in [0.15, 0.2) is 5.78 Å². The Bertz CT molecular complexity index is 1300. The first-order valence-corrected chi connectivity index (χ1v) is 10.9. The van der Waals surface area contributed by atoms with Gasteiger partial charge in [0.2, 0.25) is 0 Å². The third-order valence-electron chi connectivity index (χ3n) is 5.59. The standard InChI is InChI=1S/C25H24N2O2S/c1-15(2)18-7-9-19(10-8-18)22(28)12-27-14-26-24-23(25(27)29)21(13-30-24)20-6-5-16(3)17(4)11-20/h5-11,13-15H,12H2,1-4H3. The maximum absolute atomic E-state index is 13.2. The van der Waals surface area contributed by atoms with E-state index in [2.05, 4.69) is 44.8 Å². The molecule has 0 atom stereocenters. The van der Waals surface area contributed by atoms with Gasteiger partial charge in [0, 0.05) is 16.5 Å². The second-order valence-corrected chi connectivity index (χ2v) is 8.86. The molecular formula is C25H24N2O2S. The van der Waals surface area contributed by atoms with E-state index in [9.17, 15) is 9.59 Å². The van der Waals surface area contributed by atoms with Crippen LogP contribution in [-0.2, 0) is 6.54 Å². The van der Waals surface area contributed by atoms with Crippen molar-refractivity contribution < 1.29 is 4.79 Å². The molecule has 0 aliphatic rings. The van der Waals surface area contributed by atoms with Crippen LogP contribution >= 0.6 is 11.3 Å². The van der Waals surface area contributed by atoms with Crippen LogP contribution in [0.5, 0.6) is 0 Å². The van der Waals surface area contributed by atoms with Crippen LogP contribution < -0.4 is 5.56 Å². The predicted molar refractivity (Wildman–Crippen MR) is 124 cm³/mol. The highest BCUT2D eigenvalue weighted by molar-refractivity contribution is 7.17. The summed E-state index contributed by atoms with van der Waals surface area (Å²) in [6, 6.07) is 13.8. The van der Waals surface area contributed by atoms with Crippen molar-refractivity contribution in [1.82, 2.24) is 9.55 Å². The summed E-state index contributed by atoms with van der Waals surface area (Å²) in [4.78, 5) is 31.1. The van der Waals surface area contributed by atoms with Crippen LogP contribution in [-0.4, -0.2) is 15.3 Å². The van der Waals surface area contributed by atoms with Gasteiger partial charge in [0.25, 0.3) is 5.56 Å². The molecule has 0 saturated heterocycles. The van der Waals surface area contributed by atoms with E-state index in [4.69, 9.17) is 0 Å². The van der Waals surface area contributed by atoms with Crippen molar-refractivity contribution in [2.24, 2.45) is 0 Å². The third-order valence-corrected chi connectivity index (χ3v) is 6.48. The van der Waals surface area contributed by atoms with Gasteiger partial charge in [-0.05, 0) is 42.0 Å². The largest absolute Gasteiger partial charge is 0.292 e. The van der Waals surface area contributed by atoms with Gasteiger partial charge in [0.05, 0.1) is 18.3 Å². The van der Waals surface area contributed by atoms with Gasteiger partial charge in [-0.3, -0.25) is 14.2 Å². The molecular weight excluding hydrogens is 392 g/mol. The smallest absolute Gasteiger partial charge is 0.263 e. The first-order valence-electron chi connectivity index (χ1n) is 10.0. The normalized spacial score (nSPS) is 11.4. The fraction of sp³-hybridized carbons (Fsp3) is 0.240. The molecule has 0 bridgehead atoms. The second kappa shape index (κ2) is 8.00. The van der Waals surface area contributed by atoms with Gasteiger partial charge in [-0.2, -0.15) is 0 Å². The Kier molecular flexibility index (Phi) is 5.39. The van der Waals surface area contributed by atoms with Crippen molar-refractivity contribution in [3.05, 3.63) is 86.8 Å². The Morgan fingerprint density at radius 2 is 1.80 bits per heavy atom. The van der Waals surface area contributed by atoms with E-state index in [1.54, 1.807) is 0 Å². The highest BCUT2D eigenvalue weighted by Gasteiger charge is 2.16. The van der Waals surface area contributed by atoms with Crippen LogP contribution in [0.4, 0.5) is 0 Å². The number of hydrogen-bond acceptors (Lipinski definition) is 4. The van der Waals surface area contributed by atoms with Gasteiger partial charge in [-0.15, -0.1) is 11.3 Å². The Hall–Kier alpha value is -3.05. The summed E-state index contributed by atoms with van der Waals surface area (Å²) in [5, 5.41) is 2.55. The van der Waals surface area contributed by atoms with Crippen LogP contribution in [0.25, 0.3) is 21.3 Å². The van der Waals surface area contributed by atoms with Crippen molar-refractivity contribution in [2.45, 2.75) is 40.2 Å². The number of aromatic nitrogens is 2. The zero-order valence-electron chi connectivity index (χ0n) is 17.6. The monoisotopic (exact) mass is 416 g/mol. The fourth-order valence-corrected chi connectivity index (χ4v) is 4.41. The van der Waals surface area contributed by atoms with Crippen LogP contribution in [0, 0.1) is 13.8 Å². The average Bonchev–Trinajstić information content (AvgIpc) is 3.17. The lowest BCUT2D eigenvalue weighted by Gasteiger charge is -2.08. The van der Waals surface area contributed by atoms with E-state index < -0.39 is 0 Å². The molecule has 0 N–H and O–H groups in total. The molecule has 4 nitrogen and oxygen atoms in total. The minimum absolute atomic E-state index is 0.0228. The summed E-state index contributed by atoms with van der Waals surface area (Å²) in [7, 11) is 0. The van der Waals surface area contributed by atoms with Gasteiger partial charge in [-0.25, -0.2) is 4.98 Å². The number of hydrogen-bond donors (Lipinski definition) is 0. The van der Waals surface area contributed by atoms with Crippen molar-refractivity contribution in [3.8, 4) is 11.1 Å². The van der Waals surface area contributed by atoms with Crippen LogP contribution in [0.1, 0.15) is 46.8 Å². The molecule has 0 aliphatic carbocycles. The number of rotatable bonds is 5. The molecule has 152 valence electrons. The molecule has 4 rings (SSSR count). The summed E-state index contributed by atoms with van der Waals surface area (Å²) in [6.45, 7) is 8.34. The number of nitrogens with zero attached hydrogens (tertiary/aromatic N) is 2. The third kappa shape index (κ3) is 3.73. The van der Waals surface area contributed by atoms with Crippen LogP contribution in [0.15, 0.2) is 59.0 Å². The zero-order chi connectivity index (χ0) is 21.4. The van der Waals surface area contributed by atoms with Crippen LogP contribution in [0.2, 0.25) is 0 Å². The van der Waals surface area contributed by atoms with Gasteiger partial charge in [0.1, 0.15) is 4.83 Å². The Balaban J connectivity index is 1.70. The second-order valence-electron chi connectivity index (χ2n) is 8.01. The fourth-order valence-electron chi connectivity index (χ4n) is 3.50. The van der Waals surface area contributed by atoms with Crippen molar-refractivity contribution >= 4 is 27.3 Å². The Morgan fingerprint density at radius 3 is 2.47 bits per heavy atom. The molecule has 0 unspecified atom stereocenters. The molecule has 5 heteroatoms. The predicted octanol–water partition coefficient (Wildman–Crippen LogP) is 5.75. The summed E-state index contributed by atoms with van der Waals surface area (Å²) < 4.78 is 1.41. The lowest BCUT2D eigenvalue weighted by molar-refractivity contribution is 0.0970. The number of aryl methyl sites for hydroxylation is 2. The quantitative estimate of drug-likeness (QED) is 0.389. The molecule has 0 spiro atoms. The number of carbonyl (C=O) groups excluding carboxylic acids is 1. The summed E-state index contributed by atoms with van der Waals surface area (Å²) in [5.74, 6) is 0.308. The molecule has 0 saturated carbocycles. The van der Waals surface area contributed by atoms with Gasteiger partial charge in [-0.1, -0.05) is 56.3 Å². The number of benzene rings is 2. The minimum atomic E-state index is -0.179. The van der Waals surface area contributed by atoms with Crippen molar-refractivity contribution in [1.29, 1.82) is 0 Å². The lowest BCUT2D eigenvalue weighted by Crippen LogP contribution is -2.24. The van der Waals surface area contributed by atoms with E-state index in [1.807, 2.05) is 35.7 Å². The zero-order valence-corrected chi connectivity index (χ0v) is 18.4. The summed E-state index contributed by atoms with van der Waals surface area (Å²) in [5.41, 5.74) is 5.87. The van der Waals surface area contributed by atoms with Crippen molar-refractivity contribution in [3.63, 3.8) is 0 Å². The summed E-state index contributed by atoms with van der Waals surface area (Å²) in [6.07, 6.45) is 1.48. The lowest BCUT2D eigenvalue weighted by atomic mass is 10.0. The van der Waals surface area contributed by atoms with Crippen molar-refractivity contribution in [2.75, 3.05) is 0 Å². The maximum atomic E-state index is 13.2. The molecule has 30 heavy (non-hydrogen) atoms. The topological polar surface area (TPSA) is 52.0 Å². The molecule has 0 amide bonds. The minimum Gasteiger partial charge on any atom is -0.292 e. The van der Waals surface area contributed by atoms with E-state index >= 15 is 0 Å². The Morgan fingerprint density at radius 1 is 1.07 bits per heavy atom. The molecule has 2 aromatic carbocycles. The van der Waals surface area contributed by atoms with E-state index in [1.165, 1.54) is 38.9 Å². The van der Waals surface area contributed by atoms with Crippen LogP contribution in [0.3, 0.4) is 0 Å². The number of ketones is 1. The number of fused-ring (bicyclic) bond motifs is 1. The van der Waals surface area contributed by atoms with E-state index in [0.29, 0.717) is 21.7 Å². The Labute approximate surface area is 179 Å². The van der Waals surface area contributed by atoms with E-state index in [0.717, 1.165) is 11.1 Å². The number of Topliss-reactive ketones (excluding diaryl/α,β-unsaturated/α-hetero) is 1. The first kappa shape index (κ1) is 20.2. The molecule has 0 aliphatic heterocycles. The molecule has 0 radical (unpaired) electrons. The molecule has 2 heterocycles.